The molecule has 0 fully saturated rings. The van der Waals surface area contributed by atoms with Crippen molar-refractivity contribution in [1.82, 2.24) is 10.3 Å². The molecule has 0 unspecified atom stereocenters. The molecule has 1 amide bonds. The zero-order valence-electron chi connectivity index (χ0n) is 11.0. The van der Waals surface area contributed by atoms with Crippen molar-refractivity contribution in [3.63, 3.8) is 0 Å². The lowest BCUT2D eigenvalue weighted by Gasteiger charge is -2.06. The zero-order valence-corrected chi connectivity index (χ0v) is 12.6. The second-order valence-electron chi connectivity index (χ2n) is 4.35. The Balaban J connectivity index is 1.97. The van der Waals surface area contributed by atoms with Gasteiger partial charge in [-0.1, -0.05) is 17.7 Å². The highest BCUT2D eigenvalue weighted by atomic mass is 35.5. The Morgan fingerprint density at radius 1 is 1.19 bits per heavy atom. The highest BCUT2D eigenvalue weighted by molar-refractivity contribution is 7.92. The van der Waals surface area contributed by atoms with Crippen molar-refractivity contribution in [3.05, 3.63) is 59.4 Å². The SMILES string of the molecule is O=C(CS(=O)(=O)c1ccc(Cl)cc1)NCc1cccnc1. The van der Waals surface area contributed by atoms with E-state index in [0.717, 1.165) is 5.56 Å². The van der Waals surface area contributed by atoms with E-state index >= 15 is 0 Å². The normalized spacial score (nSPS) is 11.1. The maximum Gasteiger partial charge on any atom is 0.235 e. The molecule has 0 radical (unpaired) electrons. The summed E-state index contributed by atoms with van der Waals surface area (Å²) in [6.07, 6.45) is 3.23. The van der Waals surface area contributed by atoms with Crippen LogP contribution in [0.4, 0.5) is 0 Å². The first-order valence-electron chi connectivity index (χ1n) is 6.11. The molecule has 1 N–H and O–H groups in total. The molecule has 0 aliphatic heterocycles. The smallest absolute Gasteiger partial charge is 0.235 e. The van der Waals surface area contributed by atoms with Crippen molar-refractivity contribution in [2.24, 2.45) is 0 Å². The summed E-state index contributed by atoms with van der Waals surface area (Å²) in [6, 6.07) is 9.25. The molecule has 0 saturated heterocycles. The Bertz CT molecular complexity index is 716. The van der Waals surface area contributed by atoms with Gasteiger partial charge >= 0.3 is 0 Å². The van der Waals surface area contributed by atoms with E-state index in [-0.39, 0.29) is 11.4 Å². The summed E-state index contributed by atoms with van der Waals surface area (Å²) in [5.74, 6) is -1.16. The van der Waals surface area contributed by atoms with E-state index in [0.29, 0.717) is 5.02 Å². The molecule has 0 spiro atoms. The highest BCUT2D eigenvalue weighted by Crippen LogP contribution is 2.15. The molecule has 1 aromatic heterocycles. The maximum absolute atomic E-state index is 12.0. The average Bonchev–Trinajstić information content (AvgIpc) is 2.46. The van der Waals surface area contributed by atoms with Crippen LogP contribution in [0.3, 0.4) is 0 Å². The van der Waals surface area contributed by atoms with Crippen LogP contribution in [0.5, 0.6) is 0 Å². The van der Waals surface area contributed by atoms with Crippen LogP contribution >= 0.6 is 11.6 Å². The fourth-order valence-corrected chi connectivity index (χ4v) is 2.94. The van der Waals surface area contributed by atoms with Crippen molar-refractivity contribution in [2.45, 2.75) is 11.4 Å². The monoisotopic (exact) mass is 324 g/mol. The topological polar surface area (TPSA) is 76.1 Å². The number of nitrogens with zero attached hydrogens (tertiary/aromatic N) is 1. The largest absolute Gasteiger partial charge is 0.351 e. The van der Waals surface area contributed by atoms with Crippen LogP contribution in [0.25, 0.3) is 0 Å². The van der Waals surface area contributed by atoms with Crippen LogP contribution in [0, 0.1) is 0 Å². The van der Waals surface area contributed by atoms with Gasteiger partial charge < -0.3 is 5.32 Å². The number of carbonyl (C=O) groups excluding carboxylic acids is 1. The standard InChI is InChI=1S/C14H13ClN2O3S/c15-12-3-5-13(6-4-12)21(19,20)10-14(18)17-9-11-2-1-7-16-8-11/h1-8H,9-10H2,(H,17,18). The Hall–Kier alpha value is -1.92. The molecular formula is C14H13ClN2O3S. The molecular weight excluding hydrogens is 312 g/mol. The van der Waals surface area contributed by atoms with Gasteiger partial charge in [-0.2, -0.15) is 0 Å². The van der Waals surface area contributed by atoms with Gasteiger partial charge in [-0.25, -0.2) is 8.42 Å². The predicted octanol–water partition coefficient (Wildman–Crippen LogP) is 1.83. The van der Waals surface area contributed by atoms with Gasteiger partial charge in [-0.15, -0.1) is 0 Å². The minimum atomic E-state index is -3.67. The van der Waals surface area contributed by atoms with Crippen molar-refractivity contribution in [2.75, 3.05) is 5.75 Å². The summed E-state index contributed by atoms with van der Waals surface area (Å²) in [4.78, 5) is 15.7. The zero-order chi connectivity index (χ0) is 15.3. The Morgan fingerprint density at radius 2 is 1.90 bits per heavy atom. The van der Waals surface area contributed by atoms with Crippen molar-refractivity contribution >= 4 is 27.3 Å². The molecule has 0 aliphatic carbocycles. The molecule has 0 atom stereocenters. The van der Waals surface area contributed by atoms with E-state index < -0.39 is 21.5 Å². The number of halogens is 1. The quantitative estimate of drug-likeness (QED) is 0.910. The molecule has 0 saturated carbocycles. The van der Waals surface area contributed by atoms with Gasteiger partial charge in [0.1, 0.15) is 5.75 Å². The number of aromatic nitrogens is 1. The maximum atomic E-state index is 12.0. The lowest BCUT2D eigenvalue weighted by Crippen LogP contribution is -2.29. The summed E-state index contributed by atoms with van der Waals surface area (Å²) in [6.45, 7) is 0.239. The van der Waals surface area contributed by atoms with Crippen molar-refractivity contribution < 1.29 is 13.2 Å². The first kappa shape index (κ1) is 15.5. The summed E-state index contributed by atoms with van der Waals surface area (Å²) in [7, 11) is -3.67. The number of benzene rings is 1. The first-order valence-corrected chi connectivity index (χ1v) is 8.14. The summed E-state index contributed by atoms with van der Waals surface area (Å²) < 4.78 is 24.1. The van der Waals surface area contributed by atoms with E-state index in [4.69, 9.17) is 11.6 Å². The second-order valence-corrected chi connectivity index (χ2v) is 6.78. The van der Waals surface area contributed by atoms with E-state index in [2.05, 4.69) is 10.3 Å². The van der Waals surface area contributed by atoms with E-state index in [9.17, 15) is 13.2 Å². The molecule has 21 heavy (non-hydrogen) atoms. The third-order valence-electron chi connectivity index (χ3n) is 2.71. The minimum absolute atomic E-state index is 0.0726. The fraction of sp³-hybridized carbons (Fsp3) is 0.143. The number of rotatable bonds is 5. The number of pyridine rings is 1. The number of sulfone groups is 1. The van der Waals surface area contributed by atoms with Gasteiger partial charge in [0.05, 0.1) is 4.90 Å². The van der Waals surface area contributed by atoms with Gasteiger partial charge in [0, 0.05) is 24.0 Å². The third-order valence-corrected chi connectivity index (χ3v) is 4.59. The number of carbonyl (C=O) groups is 1. The van der Waals surface area contributed by atoms with Crippen LogP contribution in [-0.2, 0) is 21.2 Å². The molecule has 0 aliphatic rings. The molecule has 7 heteroatoms. The number of nitrogens with one attached hydrogen (secondary N) is 1. The second kappa shape index (κ2) is 6.69. The summed E-state index contributed by atoms with van der Waals surface area (Å²) in [5, 5.41) is 2.99. The van der Waals surface area contributed by atoms with Gasteiger partial charge in [-0.05, 0) is 35.9 Å². The number of hydrogen-bond donors (Lipinski definition) is 1. The van der Waals surface area contributed by atoms with Crippen LogP contribution in [0.2, 0.25) is 5.02 Å². The summed E-state index contributed by atoms with van der Waals surface area (Å²) in [5.41, 5.74) is 0.801. The lowest BCUT2D eigenvalue weighted by atomic mass is 10.3. The molecule has 2 aromatic rings. The molecule has 5 nitrogen and oxygen atoms in total. The third kappa shape index (κ3) is 4.54. The number of hydrogen-bond acceptors (Lipinski definition) is 4. The fourth-order valence-electron chi connectivity index (χ4n) is 1.65. The van der Waals surface area contributed by atoms with Crippen molar-refractivity contribution in [3.8, 4) is 0 Å². The Labute approximate surface area is 127 Å². The molecule has 1 heterocycles. The van der Waals surface area contributed by atoms with Gasteiger partial charge in [-0.3, -0.25) is 9.78 Å². The van der Waals surface area contributed by atoms with Crippen LogP contribution in [-0.4, -0.2) is 25.1 Å². The van der Waals surface area contributed by atoms with E-state index in [1.54, 1.807) is 24.5 Å². The minimum Gasteiger partial charge on any atom is -0.351 e. The van der Waals surface area contributed by atoms with Crippen LogP contribution in [0.1, 0.15) is 5.56 Å². The van der Waals surface area contributed by atoms with E-state index in [1.165, 1.54) is 24.3 Å². The Kier molecular flexibility index (Phi) is 4.93. The number of amides is 1. The molecule has 110 valence electrons. The average molecular weight is 325 g/mol. The Morgan fingerprint density at radius 3 is 2.52 bits per heavy atom. The van der Waals surface area contributed by atoms with Gasteiger partial charge in [0.25, 0.3) is 0 Å². The van der Waals surface area contributed by atoms with E-state index in [1.807, 2.05) is 0 Å². The lowest BCUT2D eigenvalue weighted by molar-refractivity contribution is -0.118. The van der Waals surface area contributed by atoms with Crippen molar-refractivity contribution in [1.29, 1.82) is 0 Å². The predicted molar refractivity (Wildman–Crippen MR) is 79.6 cm³/mol. The molecule has 1 aromatic carbocycles. The molecule has 0 bridgehead atoms. The van der Waals surface area contributed by atoms with Crippen LogP contribution < -0.4 is 5.32 Å². The highest BCUT2D eigenvalue weighted by Gasteiger charge is 2.19. The first-order chi connectivity index (χ1) is 9.97. The van der Waals surface area contributed by atoms with Crippen LogP contribution in [0.15, 0.2) is 53.7 Å². The molecule has 2 rings (SSSR count). The summed E-state index contributed by atoms with van der Waals surface area (Å²) >= 11 is 5.71. The van der Waals surface area contributed by atoms with Gasteiger partial charge in [0.2, 0.25) is 5.91 Å². The van der Waals surface area contributed by atoms with Gasteiger partial charge in [0.15, 0.2) is 9.84 Å².